The van der Waals surface area contributed by atoms with Gasteiger partial charge in [-0.05, 0) is 81.1 Å². The number of thiocarbonyl (C=S) groups is 1. The van der Waals surface area contributed by atoms with Gasteiger partial charge in [-0.25, -0.2) is 4.39 Å². The molecule has 2 N–H and O–H groups in total. The summed E-state index contributed by atoms with van der Waals surface area (Å²) in [5.41, 5.74) is 1.08. The van der Waals surface area contributed by atoms with Crippen molar-refractivity contribution < 1.29 is 9.13 Å². The maximum absolute atomic E-state index is 13.6. The molecular formula is C30H36FN5OS. The number of aromatic nitrogens is 2. The molecule has 0 spiro atoms. The van der Waals surface area contributed by atoms with E-state index in [1.54, 1.807) is 12.1 Å². The van der Waals surface area contributed by atoms with E-state index in [0.717, 1.165) is 56.5 Å². The minimum Gasteiger partial charge on any atom is -0.439 e. The molecule has 1 aliphatic carbocycles. The van der Waals surface area contributed by atoms with Crippen molar-refractivity contribution >= 4 is 29.1 Å². The molecule has 0 bridgehead atoms. The van der Waals surface area contributed by atoms with Crippen molar-refractivity contribution in [1.29, 1.82) is 0 Å². The summed E-state index contributed by atoms with van der Waals surface area (Å²) in [7, 11) is 0. The standard InChI is InChI=1S/C30H36FN5OS/c1-22-10-6-9-19-36(22)26-20-27(37-25-11-4-2-5-12-25)34-28(33-26)35-29(38)32-21-30(17-7-3-8-18-30)23-13-15-24(31)16-14-23/h2,4-5,11-16,20,22H,3,6-10,17-19,21H2,1H3,(H2,32,33,34,35,38)/t22-/m0/s1. The van der Waals surface area contributed by atoms with Gasteiger partial charge in [-0.3, -0.25) is 0 Å². The van der Waals surface area contributed by atoms with Crippen LogP contribution in [0.15, 0.2) is 60.7 Å². The van der Waals surface area contributed by atoms with Crippen molar-refractivity contribution in [3.8, 4) is 11.6 Å². The first-order valence-electron chi connectivity index (χ1n) is 13.7. The lowest BCUT2D eigenvalue weighted by Crippen LogP contribution is -2.43. The molecule has 1 saturated heterocycles. The highest BCUT2D eigenvalue weighted by Crippen LogP contribution is 2.39. The molecule has 3 aromatic rings. The molecule has 1 atom stereocenters. The van der Waals surface area contributed by atoms with E-state index in [4.69, 9.17) is 21.9 Å². The molecule has 6 nitrogen and oxygen atoms in total. The van der Waals surface area contributed by atoms with Gasteiger partial charge in [-0.1, -0.05) is 49.6 Å². The number of hydrogen-bond donors (Lipinski definition) is 2. The smallest absolute Gasteiger partial charge is 0.234 e. The van der Waals surface area contributed by atoms with Gasteiger partial charge in [-0.2, -0.15) is 9.97 Å². The summed E-state index contributed by atoms with van der Waals surface area (Å²) in [5.74, 6) is 2.22. The van der Waals surface area contributed by atoms with Crippen LogP contribution < -0.4 is 20.3 Å². The second-order valence-electron chi connectivity index (χ2n) is 10.5. The number of anilines is 2. The van der Waals surface area contributed by atoms with Crippen LogP contribution in [0, 0.1) is 5.82 Å². The molecule has 5 rings (SSSR count). The lowest BCUT2D eigenvalue weighted by molar-refractivity contribution is 0.292. The third-order valence-corrected chi connectivity index (χ3v) is 8.08. The van der Waals surface area contributed by atoms with Crippen LogP contribution in [0.3, 0.4) is 0 Å². The minimum atomic E-state index is -0.210. The number of rotatable bonds is 7. The minimum absolute atomic E-state index is 0.0782. The molecule has 38 heavy (non-hydrogen) atoms. The van der Waals surface area contributed by atoms with Gasteiger partial charge < -0.3 is 20.3 Å². The topological polar surface area (TPSA) is 62.3 Å². The molecule has 1 aliphatic heterocycles. The molecule has 2 aliphatic rings. The van der Waals surface area contributed by atoms with Crippen molar-refractivity contribution in [1.82, 2.24) is 15.3 Å². The summed E-state index contributed by atoms with van der Waals surface area (Å²) in [6.45, 7) is 3.85. The van der Waals surface area contributed by atoms with Gasteiger partial charge in [0.15, 0.2) is 5.11 Å². The third-order valence-electron chi connectivity index (χ3n) is 7.83. The Morgan fingerprint density at radius 1 is 1.03 bits per heavy atom. The number of halogens is 1. The van der Waals surface area contributed by atoms with Crippen LogP contribution in [-0.4, -0.2) is 34.2 Å². The Morgan fingerprint density at radius 2 is 1.79 bits per heavy atom. The zero-order chi connectivity index (χ0) is 26.4. The van der Waals surface area contributed by atoms with Crippen molar-refractivity contribution in [2.45, 2.75) is 69.7 Å². The van der Waals surface area contributed by atoms with Crippen LogP contribution >= 0.6 is 12.2 Å². The molecule has 0 radical (unpaired) electrons. The highest BCUT2D eigenvalue weighted by molar-refractivity contribution is 7.80. The van der Waals surface area contributed by atoms with E-state index in [9.17, 15) is 4.39 Å². The first-order chi connectivity index (χ1) is 18.5. The molecule has 0 unspecified atom stereocenters. The lowest BCUT2D eigenvalue weighted by Gasteiger charge is -2.38. The molecule has 1 saturated carbocycles. The first kappa shape index (κ1) is 26.4. The van der Waals surface area contributed by atoms with Crippen LogP contribution in [0.4, 0.5) is 16.2 Å². The van der Waals surface area contributed by atoms with E-state index in [-0.39, 0.29) is 11.2 Å². The second kappa shape index (κ2) is 12.1. The zero-order valence-electron chi connectivity index (χ0n) is 22.0. The van der Waals surface area contributed by atoms with Gasteiger partial charge in [0.2, 0.25) is 11.8 Å². The summed E-state index contributed by atoms with van der Waals surface area (Å²) in [4.78, 5) is 11.8. The van der Waals surface area contributed by atoms with Gasteiger partial charge in [0.25, 0.3) is 0 Å². The quantitative estimate of drug-likeness (QED) is 0.318. The lowest BCUT2D eigenvalue weighted by atomic mass is 9.69. The largest absolute Gasteiger partial charge is 0.439 e. The number of ether oxygens (including phenoxy) is 1. The molecule has 0 amide bonds. The highest BCUT2D eigenvalue weighted by atomic mass is 32.1. The van der Waals surface area contributed by atoms with Crippen LogP contribution in [0.1, 0.15) is 63.9 Å². The van der Waals surface area contributed by atoms with E-state index < -0.39 is 0 Å². The number of piperidine rings is 1. The van der Waals surface area contributed by atoms with Crippen LogP contribution in [0.25, 0.3) is 0 Å². The van der Waals surface area contributed by atoms with E-state index in [1.165, 1.54) is 12.8 Å². The van der Waals surface area contributed by atoms with Crippen molar-refractivity contribution in [2.24, 2.45) is 0 Å². The van der Waals surface area contributed by atoms with Crippen LogP contribution in [-0.2, 0) is 5.41 Å². The first-order valence-corrected chi connectivity index (χ1v) is 14.1. The molecule has 1 aromatic heterocycles. The number of hydrogen-bond acceptors (Lipinski definition) is 5. The average Bonchev–Trinajstić information content (AvgIpc) is 2.93. The van der Waals surface area contributed by atoms with E-state index in [2.05, 4.69) is 27.4 Å². The summed E-state index contributed by atoms with van der Waals surface area (Å²) < 4.78 is 19.7. The predicted octanol–water partition coefficient (Wildman–Crippen LogP) is 6.98. The Kier molecular flexibility index (Phi) is 8.37. The van der Waals surface area contributed by atoms with Gasteiger partial charge in [0.05, 0.1) is 0 Å². The van der Waals surface area contributed by atoms with Crippen LogP contribution in [0.2, 0.25) is 0 Å². The highest BCUT2D eigenvalue weighted by Gasteiger charge is 2.34. The Morgan fingerprint density at radius 3 is 2.53 bits per heavy atom. The SMILES string of the molecule is C[C@H]1CCCCN1c1cc(Oc2ccccc2)nc(NC(=S)NCC2(c3ccc(F)cc3)CCCCC2)n1. The fraction of sp³-hybridized carbons (Fsp3) is 0.433. The van der Waals surface area contributed by atoms with Crippen molar-refractivity contribution in [3.05, 3.63) is 72.0 Å². The second-order valence-corrected chi connectivity index (χ2v) is 10.9. The molecule has 2 aromatic carbocycles. The molecule has 200 valence electrons. The Labute approximate surface area is 230 Å². The van der Waals surface area contributed by atoms with Gasteiger partial charge in [0.1, 0.15) is 17.4 Å². The number of nitrogens with zero attached hydrogens (tertiary/aromatic N) is 3. The number of para-hydroxylation sites is 1. The van der Waals surface area contributed by atoms with Gasteiger partial charge >= 0.3 is 0 Å². The fourth-order valence-corrected chi connectivity index (χ4v) is 5.87. The zero-order valence-corrected chi connectivity index (χ0v) is 22.8. The van der Waals surface area contributed by atoms with E-state index >= 15 is 0 Å². The van der Waals surface area contributed by atoms with Gasteiger partial charge in [-0.15, -0.1) is 0 Å². The predicted molar refractivity (Wildman–Crippen MR) is 155 cm³/mol. The molecule has 2 fully saturated rings. The molecule has 8 heteroatoms. The summed E-state index contributed by atoms with van der Waals surface area (Å²) >= 11 is 5.70. The Bertz CT molecular complexity index is 1220. The van der Waals surface area contributed by atoms with Gasteiger partial charge in [0, 0.05) is 30.6 Å². The molecule has 2 heterocycles. The number of benzene rings is 2. The maximum Gasteiger partial charge on any atom is 0.234 e. The summed E-state index contributed by atoms with van der Waals surface area (Å²) in [5, 5.41) is 7.10. The van der Waals surface area contributed by atoms with Crippen molar-refractivity contribution in [3.63, 3.8) is 0 Å². The maximum atomic E-state index is 13.6. The Balaban J connectivity index is 1.33. The normalized spacial score (nSPS) is 19.0. The van der Waals surface area contributed by atoms with E-state index in [0.29, 0.717) is 35.3 Å². The summed E-state index contributed by atoms with van der Waals surface area (Å²) in [6, 6.07) is 18.9. The van der Waals surface area contributed by atoms with Crippen molar-refractivity contribution in [2.75, 3.05) is 23.3 Å². The van der Waals surface area contributed by atoms with E-state index in [1.807, 2.05) is 48.5 Å². The fourth-order valence-electron chi connectivity index (χ4n) is 5.71. The average molecular weight is 534 g/mol. The third kappa shape index (κ3) is 6.41. The summed E-state index contributed by atoms with van der Waals surface area (Å²) in [6.07, 6.45) is 9.11. The molecular weight excluding hydrogens is 497 g/mol. The monoisotopic (exact) mass is 533 g/mol. The Hall–Kier alpha value is -3.26. The van der Waals surface area contributed by atoms with Crippen LogP contribution in [0.5, 0.6) is 11.6 Å². The number of nitrogens with one attached hydrogen (secondary N) is 2.